The molecule has 1 aromatic heterocycles. The molecule has 1 aliphatic carbocycles. The van der Waals surface area contributed by atoms with E-state index in [1.54, 1.807) is 0 Å². The first-order valence-corrected chi connectivity index (χ1v) is 9.26. The number of carboxylic acids is 2. The van der Waals surface area contributed by atoms with E-state index < -0.39 is 58.0 Å². The van der Waals surface area contributed by atoms with Crippen LogP contribution in [-0.2, 0) is 0 Å². The van der Waals surface area contributed by atoms with Gasteiger partial charge in [-0.05, 0) is 35.4 Å². The number of hydrogen-bond donors (Lipinski definition) is 7. The fourth-order valence-corrected chi connectivity index (χ4v) is 4.23. The smallest absolute Gasteiger partial charge is 0.340 e. The molecule has 0 bridgehead atoms. The summed E-state index contributed by atoms with van der Waals surface area (Å²) in [7, 11) is 0. The lowest BCUT2D eigenvalue weighted by Crippen LogP contribution is -2.19. The second-order valence-corrected chi connectivity index (χ2v) is 7.45. The third-order valence-corrected chi connectivity index (χ3v) is 5.68. The summed E-state index contributed by atoms with van der Waals surface area (Å²) in [6.45, 7) is 0. The van der Waals surface area contributed by atoms with Crippen molar-refractivity contribution >= 4 is 39.7 Å². The SMILES string of the molecule is O=C(O)c1cc2oc3cc4c(c(O)c3c2c(O)c1C(=O)O)C(O)C(=O)c1cc(O)c(O)cc1-4. The van der Waals surface area contributed by atoms with Crippen molar-refractivity contribution in [1.29, 1.82) is 0 Å². The zero-order valence-electron chi connectivity index (χ0n) is 16.2. The predicted molar refractivity (Wildman–Crippen MR) is 109 cm³/mol. The second-order valence-electron chi connectivity index (χ2n) is 7.45. The molecule has 5 rings (SSSR count). The molecule has 0 aliphatic heterocycles. The number of benzene rings is 3. The highest BCUT2D eigenvalue weighted by atomic mass is 16.4. The van der Waals surface area contributed by atoms with Gasteiger partial charge in [0.15, 0.2) is 17.3 Å². The van der Waals surface area contributed by atoms with Gasteiger partial charge in [0.05, 0.1) is 16.3 Å². The van der Waals surface area contributed by atoms with Crippen LogP contribution in [0.25, 0.3) is 33.1 Å². The van der Waals surface area contributed by atoms with E-state index in [1.165, 1.54) is 6.07 Å². The predicted octanol–water partition coefficient (Wildman–Crippen LogP) is 2.70. The van der Waals surface area contributed by atoms with E-state index in [9.17, 15) is 50.1 Å². The Kier molecular flexibility index (Phi) is 3.89. The zero-order valence-corrected chi connectivity index (χ0v) is 16.2. The number of ketones is 1. The van der Waals surface area contributed by atoms with Crippen LogP contribution in [0.1, 0.15) is 42.7 Å². The number of fused-ring (bicyclic) bond motifs is 6. The fourth-order valence-electron chi connectivity index (χ4n) is 4.23. The molecule has 1 atom stereocenters. The number of carbonyl (C=O) groups excluding carboxylic acids is 1. The maximum absolute atomic E-state index is 12.7. The Morgan fingerprint density at radius 2 is 1.33 bits per heavy atom. The average molecular weight is 452 g/mol. The molecule has 166 valence electrons. The van der Waals surface area contributed by atoms with Gasteiger partial charge in [0.25, 0.3) is 0 Å². The molecule has 1 aliphatic rings. The Morgan fingerprint density at radius 3 is 1.94 bits per heavy atom. The molecule has 1 unspecified atom stereocenters. The molecule has 4 aromatic rings. The maximum atomic E-state index is 12.7. The molecule has 11 nitrogen and oxygen atoms in total. The Balaban J connectivity index is 1.96. The van der Waals surface area contributed by atoms with Gasteiger partial charge in [-0.25, -0.2) is 9.59 Å². The van der Waals surface area contributed by atoms with Gasteiger partial charge in [-0.2, -0.15) is 0 Å². The monoisotopic (exact) mass is 452 g/mol. The molecule has 0 saturated heterocycles. The van der Waals surface area contributed by atoms with Crippen molar-refractivity contribution in [1.82, 2.24) is 0 Å². The van der Waals surface area contributed by atoms with Crippen LogP contribution in [0.4, 0.5) is 0 Å². The van der Waals surface area contributed by atoms with Gasteiger partial charge in [-0.15, -0.1) is 0 Å². The minimum Gasteiger partial charge on any atom is -0.507 e. The normalized spacial score (nSPS) is 14.9. The largest absolute Gasteiger partial charge is 0.507 e. The average Bonchev–Trinajstić information content (AvgIpc) is 3.12. The summed E-state index contributed by atoms with van der Waals surface area (Å²) in [5, 5.41) is 70.0. The van der Waals surface area contributed by atoms with E-state index in [0.717, 1.165) is 18.2 Å². The maximum Gasteiger partial charge on any atom is 0.340 e. The van der Waals surface area contributed by atoms with Crippen LogP contribution in [0.3, 0.4) is 0 Å². The summed E-state index contributed by atoms with van der Waals surface area (Å²) in [5.41, 5.74) is -2.39. The van der Waals surface area contributed by atoms with E-state index in [1.807, 2.05) is 0 Å². The van der Waals surface area contributed by atoms with Crippen molar-refractivity contribution < 1.29 is 54.5 Å². The standard InChI is InChI=1S/C22H12O11/c23-9-1-5-6-3-11-15(18(26)13(6)20(28)17(25)7(5)2-10(9)24)16-12(33-11)4-8(21(29)30)14(19(16)27)22(31)32/h1-4,20,23-24,26-28H,(H,29,30)(H,31,32). The fraction of sp³-hybridized carbons (Fsp3) is 0.0455. The minimum atomic E-state index is -1.90. The lowest BCUT2D eigenvalue weighted by atomic mass is 9.81. The highest BCUT2D eigenvalue weighted by Gasteiger charge is 2.37. The van der Waals surface area contributed by atoms with Crippen LogP contribution in [0.5, 0.6) is 23.0 Å². The molecule has 0 amide bonds. The number of aliphatic hydroxyl groups is 1. The van der Waals surface area contributed by atoms with Crippen molar-refractivity contribution in [2.75, 3.05) is 0 Å². The summed E-state index contributed by atoms with van der Waals surface area (Å²) in [4.78, 5) is 35.8. The van der Waals surface area contributed by atoms with Crippen molar-refractivity contribution in [3.63, 3.8) is 0 Å². The zero-order chi connectivity index (χ0) is 23.9. The minimum absolute atomic E-state index is 0.0628. The molecule has 1 heterocycles. The number of carbonyl (C=O) groups is 3. The van der Waals surface area contributed by atoms with Gasteiger partial charge in [0, 0.05) is 11.1 Å². The third-order valence-electron chi connectivity index (χ3n) is 5.68. The van der Waals surface area contributed by atoms with Crippen LogP contribution >= 0.6 is 0 Å². The molecule has 33 heavy (non-hydrogen) atoms. The van der Waals surface area contributed by atoms with Crippen molar-refractivity contribution in [3.8, 4) is 34.1 Å². The van der Waals surface area contributed by atoms with Crippen LogP contribution in [0.2, 0.25) is 0 Å². The number of hydrogen-bond acceptors (Lipinski definition) is 9. The van der Waals surface area contributed by atoms with Crippen LogP contribution in [0.15, 0.2) is 28.7 Å². The number of aromatic carboxylic acids is 2. The van der Waals surface area contributed by atoms with Gasteiger partial charge in [0.1, 0.15) is 34.3 Å². The Bertz CT molecular complexity index is 1590. The van der Waals surface area contributed by atoms with E-state index in [4.69, 9.17) is 4.42 Å². The van der Waals surface area contributed by atoms with E-state index in [0.29, 0.717) is 0 Å². The van der Waals surface area contributed by atoms with Crippen molar-refractivity contribution in [2.45, 2.75) is 6.10 Å². The van der Waals surface area contributed by atoms with Gasteiger partial charge in [-0.1, -0.05) is 0 Å². The second kappa shape index (κ2) is 6.37. The highest BCUT2D eigenvalue weighted by Crippen LogP contribution is 2.52. The molecule has 3 aromatic carbocycles. The summed E-state index contributed by atoms with van der Waals surface area (Å²) in [5.74, 6) is -7.13. The quantitative estimate of drug-likeness (QED) is 0.220. The summed E-state index contributed by atoms with van der Waals surface area (Å²) >= 11 is 0. The number of phenols is 4. The number of carboxylic acid groups (broad SMARTS) is 2. The number of aromatic hydroxyl groups is 4. The molecule has 0 radical (unpaired) electrons. The molecular weight excluding hydrogens is 440 g/mol. The molecule has 11 heteroatoms. The van der Waals surface area contributed by atoms with E-state index in [-0.39, 0.29) is 44.2 Å². The van der Waals surface area contributed by atoms with Gasteiger partial charge in [0.2, 0.25) is 0 Å². The molecular formula is C22H12O11. The van der Waals surface area contributed by atoms with Gasteiger partial charge in [-0.3, -0.25) is 4.79 Å². The first-order chi connectivity index (χ1) is 15.5. The van der Waals surface area contributed by atoms with Crippen molar-refractivity contribution in [2.24, 2.45) is 0 Å². The number of Topliss-reactive ketones (excluding diaryl/α,β-unsaturated/α-hetero) is 1. The number of phenolic OH excluding ortho intramolecular Hbond substituents is 3. The summed E-state index contributed by atoms with van der Waals surface area (Å²) in [6.07, 6.45) is -1.90. The lowest BCUT2D eigenvalue weighted by molar-refractivity contribution is 0.0649. The molecule has 0 fully saturated rings. The summed E-state index contributed by atoms with van der Waals surface area (Å²) < 4.78 is 5.58. The summed E-state index contributed by atoms with van der Waals surface area (Å²) in [6, 6.07) is 4.17. The molecule has 7 N–H and O–H groups in total. The van der Waals surface area contributed by atoms with E-state index in [2.05, 4.69) is 0 Å². The van der Waals surface area contributed by atoms with Crippen LogP contribution in [0, 0.1) is 0 Å². The van der Waals surface area contributed by atoms with Crippen LogP contribution in [-0.4, -0.2) is 53.5 Å². The Hall–Kier alpha value is -4.77. The molecule has 0 spiro atoms. The van der Waals surface area contributed by atoms with Gasteiger partial charge >= 0.3 is 11.9 Å². The number of rotatable bonds is 2. The Labute approximate surface area is 181 Å². The third kappa shape index (κ3) is 2.50. The molecule has 0 saturated carbocycles. The first-order valence-electron chi connectivity index (χ1n) is 9.26. The number of aliphatic hydroxyl groups excluding tert-OH is 1. The Morgan fingerprint density at radius 1 is 0.758 bits per heavy atom. The lowest BCUT2D eigenvalue weighted by Gasteiger charge is -2.24. The topological polar surface area (TPSA) is 206 Å². The van der Waals surface area contributed by atoms with Gasteiger partial charge < -0.3 is 40.2 Å². The van der Waals surface area contributed by atoms with Crippen molar-refractivity contribution in [3.05, 3.63) is 46.5 Å². The highest BCUT2D eigenvalue weighted by molar-refractivity contribution is 6.20. The van der Waals surface area contributed by atoms with Crippen LogP contribution < -0.4 is 0 Å². The first kappa shape index (κ1) is 20.2. The number of furan rings is 1. The van der Waals surface area contributed by atoms with E-state index >= 15 is 0 Å².